The molecule has 0 aromatic carbocycles. The topological polar surface area (TPSA) is 9.23 Å². The molecule has 1 nitrogen and oxygen atoms in total. The molecule has 0 aliphatic heterocycles. The molecular weight excluding hydrogens is 256 g/mol. The van der Waals surface area contributed by atoms with Crippen molar-refractivity contribution >= 4 is 24.2 Å². The summed E-state index contributed by atoms with van der Waals surface area (Å²) in [4.78, 5) is 0. The summed E-state index contributed by atoms with van der Waals surface area (Å²) in [6.45, 7) is 15.6. The van der Waals surface area contributed by atoms with Crippen LogP contribution in [0.3, 0.4) is 0 Å². The van der Waals surface area contributed by atoms with Crippen molar-refractivity contribution in [3.05, 3.63) is 23.2 Å². The van der Waals surface area contributed by atoms with Crippen LogP contribution < -0.4 is 0 Å². The number of halogens is 1. The summed E-state index contributed by atoms with van der Waals surface area (Å²) in [7, 11) is -1.58. The first-order valence-electron chi connectivity index (χ1n) is 4.83. The van der Waals surface area contributed by atoms with Crippen LogP contribution in [0.4, 0.5) is 0 Å². The van der Waals surface area contributed by atoms with Crippen molar-refractivity contribution in [1.29, 1.82) is 0 Å². The molecule has 0 unspecified atom stereocenters. The van der Waals surface area contributed by atoms with Gasteiger partial charge in [0.25, 0.3) is 0 Å². The molecule has 0 rings (SSSR count). The fourth-order valence-corrected chi connectivity index (χ4v) is 1.69. The van der Waals surface area contributed by atoms with Gasteiger partial charge in [-0.15, -0.1) is 0 Å². The molecule has 0 aliphatic carbocycles. The molecule has 0 saturated carbocycles. The van der Waals surface area contributed by atoms with Gasteiger partial charge < -0.3 is 4.43 Å². The quantitative estimate of drug-likeness (QED) is 0.544. The highest BCUT2D eigenvalue weighted by molar-refractivity contribution is 9.11. The fourth-order valence-electron chi connectivity index (χ4n) is 0.629. The highest BCUT2D eigenvalue weighted by Gasteiger charge is 2.36. The van der Waals surface area contributed by atoms with Gasteiger partial charge in [-0.05, 0) is 24.2 Å². The maximum Gasteiger partial charge on any atom is 0.192 e. The Hall–Kier alpha value is 0.137. The Morgan fingerprint density at radius 1 is 1.43 bits per heavy atom. The van der Waals surface area contributed by atoms with Crippen LogP contribution in [-0.4, -0.2) is 14.9 Å². The first-order chi connectivity index (χ1) is 6.20. The SMILES string of the molecule is C=C/C(Br)=C/CO[Si](C)(C)C(C)(C)C. The van der Waals surface area contributed by atoms with Gasteiger partial charge in [-0.25, -0.2) is 0 Å². The summed E-state index contributed by atoms with van der Waals surface area (Å²) >= 11 is 3.37. The lowest BCUT2D eigenvalue weighted by molar-refractivity contribution is 0.328. The van der Waals surface area contributed by atoms with Crippen LogP contribution in [0, 0.1) is 0 Å². The smallest absolute Gasteiger partial charge is 0.192 e. The lowest BCUT2D eigenvalue weighted by Gasteiger charge is -2.35. The Balaban J connectivity index is 4.20. The van der Waals surface area contributed by atoms with Crippen LogP contribution in [0.1, 0.15) is 20.8 Å². The minimum Gasteiger partial charge on any atom is -0.413 e. The molecule has 3 heteroatoms. The predicted molar refractivity (Wildman–Crippen MR) is 70.4 cm³/mol. The molecule has 0 aliphatic rings. The molecule has 0 heterocycles. The van der Waals surface area contributed by atoms with Gasteiger partial charge >= 0.3 is 0 Å². The van der Waals surface area contributed by atoms with E-state index in [2.05, 4.69) is 56.4 Å². The van der Waals surface area contributed by atoms with E-state index in [1.807, 2.05) is 6.08 Å². The zero-order valence-corrected chi connectivity index (χ0v) is 12.4. The second-order valence-corrected chi connectivity index (χ2v) is 10.6. The zero-order valence-electron chi connectivity index (χ0n) is 9.86. The largest absolute Gasteiger partial charge is 0.413 e. The molecule has 0 bridgehead atoms. The second-order valence-electron chi connectivity index (χ2n) is 4.86. The van der Waals surface area contributed by atoms with Crippen LogP contribution in [0.5, 0.6) is 0 Å². The van der Waals surface area contributed by atoms with Crippen LogP contribution in [0.2, 0.25) is 18.1 Å². The van der Waals surface area contributed by atoms with Crippen molar-refractivity contribution in [2.45, 2.75) is 38.9 Å². The van der Waals surface area contributed by atoms with E-state index in [-0.39, 0.29) is 5.04 Å². The third-order valence-corrected chi connectivity index (χ3v) is 7.87. The van der Waals surface area contributed by atoms with E-state index in [9.17, 15) is 0 Å². The summed E-state index contributed by atoms with van der Waals surface area (Å²) in [6, 6.07) is 0. The maximum atomic E-state index is 5.95. The van der Waals surface area contributed by atoms with E-state index >= 15 is 0 Å². The highest BCUT2D eigenvalue weighted by Crippen LogP contribution is 2.36. The van der Waals surface area contributed by atoms with Gasteiger partial charge in [0.05, 0.1) is 6.61 Å². The summed E-state index contributed by atoms with van der Waals surface area (Å²) in [5, 5.41) is 0.279. The summed E-state index contributed by atoms with van der Waals surface area (Å²) in [5.74, 6) is 0. The third-order valence-electron chi connectivity index (χ3n) is 2.72. The molecule has 0 radical (unpaired) electrons. The van der Waals surface area contributed by atoms with E-state index in [0.29, 0.717) is 6.61 Å². The minimum absolute atomic E-state index is 0.279. The van der Waals surface area contributed by atoms with Crippen molar-refractivity contribution in [3.8, 4) is 0 Å². The molecular formula is C11H21BrOSi. The van der Waals surface area contributed by atoms with Crippen molar-refractivity contribution in [2.24, 2.45) is 0 Å². The number of hydrogen-bond donors (Lipinski definition) is 0. The van der Waals surface area contributed by atoms with Gasteiger partial charge in [-0.2, -0.15) is 0 Å². The van der Waals surface area contributed by atoms with Crippen LogP contribution in [0.15, 0.2) is 23.2 Å². The average Bonchev–Trinajstić information content (AvgIpc) is 2.01. The minimum atomic E-state index is -1.58. The summed E-state index contributed by atoms with van der Waals surface area (Å²) in [6.07, 6.45) is 3.78. The maximum absolute atomic E-state index is 5.95. The van der Waals surface area contributed by atoms with Crippen molar-refractivity contribution in [2.75, 3.05) is 6.61 Å². The van der Waals surface area contributed by atoms with Gasteiger partial charge in [0.2, 0.25) is 0 Å². The standard InChI is InChI=1S/C11H21BrOSi/c1-7-10(12)8-9-13-14(5,6)11(2,3)4/h7-8H,1,9H2,2-6H3/b10-8-. The fraction of sp³-hybridized carbons (Fsp3) is 0.636. The number of rotatable bonds is 4. The molecule has 0 spiro atoms. The lowest BCUT2D eigenvalue weighted by atomic mass is 10.2. The Labute approximate surface area is 97.5 Å². The van der Waals surface area contributed by atoms with Crippen molar-refractivity contribution < 1.29 is 4.43 Å². The normalized spacial score (nSPS) is 14.3. The van der Waals surface area contributed by atoms with E-state index in [1.165, 1.54) is 0 Å². The molecule has 14 heavy (non-hydrogen) atoms. The lowest BCUT2D eigenvalue weighted by Crippen LogP contribution is -2.40. The molecule has 0 atom stereocenters. The third kappa shape index (κ3) is 4.58. The van der Waals surface area contributed by atoms with Gasteiger partial charge in [0.15, 0.2) is 8.32 Å². The summed E-state index contributed by atoms with van der Waals surface area (Å²) < 4.78 is 6.95. The van der Waals surface area contributed by atoms with Gasteiger partial charge in [-0.1, -0.05) is 49.4 Å². The molecule has 0 aromatic rings. The van der Waals surface area contributed by atoms with Crippen molar-refractivity contribution in [1.82, 2.24) is 0 Å². The van der Waals surface area contributed by atoms with Crippen LogP contribution in [0.25, 0.3) is 0 Å². The monoisotopic (exact) mass is 276 g/mol. The van der Waals surface area contributed by atoms with E-state index in [0.717, 1.165) is 4.48 Å². The van der Waals surface area contributed by atoms with Crippen molar-refractivity contribution in [3.63, 3.8) is 0 Å². The average molecular weight is 277 g/mol. The predicted octanol–water partition coefficient (Wildman–Crippen LogP) is 4.47. The van der Waals surface area contributed by atoms with Crippen LogP contribution >= 0.6 is 15.9 Å². The summed E-state index contributed by atoms with van der Waals surface area (Å²) in [5.41, 5.74) is 0. The first kappa shape index (κ1) is 14.1. The molecule has 0 amide bonds. The highest BCUT2D eigenvalue weighted by atomic mass is 79.9. The van der Waals surface area contributed by atoms with E-state index in [4.69, 9.17) is 4.43 Å². The zero-order chi connectivity index (χ0) is 11.4. The van der Waals surface area contributed by atoms with Crippen LogP contribution in [-0.2, 0) is 4.43 Å². The molecule has 82 valence electrons. The van der Waals surface area contributed by atoms with Gasteiger partial charge in [0, 0.05) is 4.48 Å². The number of hydrogen-bond acceptors (Lipinski definition) is 1. The molecule has 0 aromatic heterocycles. The first-order valence-corrected chi connectivity index (χ1v) is 8.53. The van der Waals surface area contributed by atoms with Gasteiger partial charge in [-0.3, -0.25) is 0 Å². The molecule has 0 saturated heterocycles. The molecule has 0 fully saturated rings. The van der Waals surface area contributed by atoms with E-state index < -0.39 is 8.32 Å². The Morgan fingerprint density at radius 3 is 2.29 bits per heavy atom. The van der Waals surface area contributed by atoms with Gasteiger partial charge in [0.1, 0.15) is 0 Å². The van der Waals surface area contributed by atoms with E-state index in [1.54, 1.807) is 6.08 Å². The Bertz CT molecular complexity index is 226. The molecule has 0 N–H and O–H groups in total. The Morgan fingerprint density at radius 2 is 1.93 bits per heavy atom. The Kier molecular flexibility index (Phi) is 5.34. The number of allylic oxidation sites excluding steroid dienone is 2. The second kappa shape index (κ2) is 5.28.